The summed E-state index contributed by atoms with van der Waals surface area (Å²) in [5, 5.41) is 0. The molecule has 0 fully saturated rings. The second-order valence-corrected chi connectivity index (χ2v) is 1.50. The van der Waals surface area contributed by atoms with E-state index in [2.05, 4.69) is 6.92 Å². The van der Waals surface area contributed by atoms with E-state index in [4.69, 9.17) is 5.73 Å². The average molecular weight is 265 g/mol. The van der Waals surface area contributed by atoms with E-state index in [1.54, 1.807) is 0 Å². The van der Waals surface area contributed by atoms with Gasteiger partial charge in [0.2, 0.25) is 0 Å². The molecule has 0 heterocycles. The van der Waals surface area contributed by atoms with Gasteiger partial charge in [0.15, 0.2) is 0 Å². The molecular formula is C5H13BErN. The smallest absolute Gasteiger partial charge is 0 e. The second-order valence-electron chi connectivity index (χ2n) is 1.50. The van der Waals surface area contributed by atoms with Crippen molar-refractivity contribution in [3.05, 3.63) is 0 Å². The van der Waals surface area contributed by atoms with E-state index in [9.17, 15) is 0 Å². The van der Waals surface area contributed by atoms with Crippen LogP contribution >= 0.6 is 0 Å². The van der Waals surface area contributed by atoms with E-state index < -0.39 is 0 Å². The Kier molecular flexibility index (Phi) is 31.7. The fourth-order valence-corrected chi connectivity index (χ4v) is 0.394. The Hall–Kier alpha value is 1.27. The van der Waals surface area contributed by atoms with Crippen molar-refractivity contribution >= 4 is 8.41 Å². The maximum atomic E-state index is 5.21. The number of hydrogen-bond acceptors (Lipinski definition) is 1. The van der Waals surface area contributed by atoms with Crippen molar-refractivity contribution in [1.29, 1.82) is 0 Å². The SMILES string of the molecule is CCCCCN.[B].[Er]. The molecule has 0 atom stereocenters. The van der Waals surface area contributed by atoms with Gasteiger partial charge in [0.1, 0.15) is 0 Å². The van der Waals surface area contributed by atoms with Crippen molar-refractivity contribution in [2.45, 2.75) is 26.2 Å². The van der Waals surface area contributed by atoms with Crippen LogP contribution < -0.4 is 5.73 Å². The summed E-state index contributed by atoms with van der Waals surface area (Å²) in [5.74, 6) is 0. The first-order valence-electron chi connectivity index (χ1n) is 2.62. The van der Waals surface area contributed by atoms with Gasteiger partial charge in [0.25, 0.3) is 0 Å². The van der Waals surface area contributed by atoms with Crippen molar-refractivity contribution in [3.8, 4) is 0 Å². The predicted molar refractivity (Wildman–Crippen MR) is 34.3 cm³/mol. The third-order valence-electron chi connectivity index (χ3n) is 0.808. The van der Waals surface area contributed by atoms with Gasteiger partial charge in [-0.05, 0) is 13.0 Å². The van der Waals surface area contributed by atoms with Crippen LogP contribution in [0.15, 0.2) is 0 Å². The Morgan fingerprint density at radius 3 is 1.88 bits per heavy atom. The molecule has 0 amide bonds. The van der Waals surface area contributed by atoms with E-state index in [1.165, 1.54) is 19.3 Å². The van der Waals surface area contributed by atoms with Crippen LogP contribution in [0.3, 0.4) is 0 Å². The zero-order valence-corrected chi connectivity index (χ0v) is 7.12. The molecule has 53 valence electrons. The molecule has 3 heteroatoms. The maximum Gasteiger partial charge on any atom is 0 e. The first-order valence-corrected chi connectivity index (χ1v) is 2.62. The minimum Gasteiger partial charge on any atom is -0.330 e. The molecule has 0 spiro atoms. The zero-order valence-electron chi connectivity index (χ0n) is 5.27. The van der Waals surface area contributed by atoms with Gasteiger partial charge in [-0.1, -0.05) is 19.8 Å². The molecule has 0 aromatic heterocycles. The van der Waals surface area contributed by atoms with Crippen LogP contribution in [0.2, 0.25) is 0 Å². The summed E-state index contributed by atoms with van der Waals surface area (Å²) in [4.78, 5) is 0. The molecule has 2 N–H and O–H groups in total. The van der Waals surface area contributed by atoms with Gasteiger partial charge in [0.05, 0.1) is 0 Å². The molecule has 0 aromatic rings. The van der Waals surface area contributed by atoms with Crippen LogP contribution in [0.25, 0.3) is 0 Å². The normalized spacial score (nSPS) is 6.75. The molecule has 1 nitrogen and oxygen atoms in total. The molecule has 0 aliphatic rings. The first kappa shape index (κ1) is 16.1. The molecule has 0 aromatic carbocycles. The standard InChI is InChI=1S/C5H13N.B.Er/c1-2-3-4-5-6;;/h2-6H2,1H3;;. The van der Waals surface area contributed by atoms with Crippen molar-refractivity contribution in [1.82, 2.24) is 0 Å². The summed E-state index contributed by atoms with van der Waals surface area (Å²) in [6.45, 7) is 3.03. The van der Waals surface area contributed by atoms with Crippen molar-refractivity contribution in [2.24, 2.45) is 5.73 Å². The third-order valence-corrected chi connectivity index (χ3v) is 0.808. The van der Waals surface area contributed by atoms with E-state index in [1.807, 2.05) is 0 Å². The second kappa shape index (κ2) is 15.7. The van der Waals surface area contributed by atoms with Crippen LogP contribution in [0.4, 0.5) is 0 Å². The Bertz CT molecular complexity index is 24.4. The van der Waals surface area contributed by atoms with Gasteiger partial charge in [-0.25, -0.2) is 0 Å². The van der Waals surface area contributed by atoms with E-state index in [0.29, 0.717) is 0 Å². The summed E-state index contributed by atoms with van der Waals surface area (Å²) in [6, 6.07) is 0. The summed E-state index contributed by atoms with van der Waals surface area (Å²) in [6.07, 6.45) is 3.75. The van der Waals surface area contributed by atoms with Crippen LogP contribution in [-0.4, -0.2) is 15.0 Å². The van der Waals surface area contributed by atoms with Crippen molar-refractivity contribution < 1.29 is 37.3 Å². The Balaban J connectivity index is -0.000000125. The third kappa shape index (κ3) is 15.7. The molecule has 0 saturated heterocycles. The quantitative estimate of drug-likeness (QED) is 0.591. The molecule has 8 heavy (non-hydrogen) atoms. The van der Waals surface area contributed by atoms with E-state index in [-0.39, 0.29) is 45.7 Å². The zero-order chi connectivity index (χ0) is 4.83. The molecule has 0 aliphatic heterocycles. The minimum absolute atomic E-state index is 0. The molecule has 3 radical (unpaired) electrons. The summed E-state index contributed by atoms with van der Waals surface area (Å²) in [5.41, 5.74) is 5.21. The average Bonchev–Trinajstić information content (AvgIpc) is 1.61. The van der Waals surface area contributed by atoms with Gasteiger partial charge in [-0.15, -0.1) is 0 Å². The first-order chi connectivity index (χ1) is 2.91. The van der Waals surface area contributed by atoms with Gasteiger partial charge in [-0.2, -0.15) is 0 Å². The summed E-state index contributed by atoms with van der Waals surface area (Å²) >= 11 is 0. The van der Waals surface area contributed by atoms with Crippen molar-refractivity contribution in [2.75, 3.05) is 6.54 Å². The fourth-order valence-electron chi connectivity index (χ4n) is 0.394. The van der Waals surface area contributed by atoms with Gasteiger partial charge in [-0.3, -0.25) is 0 Å². The Morgan fingerprint density at radius 2 is 1.75 bits per heavy atom. The van der Waals surface area contributed by atoms with Gasteiger partial charge in [0, 0.05) is 45.7 Å². The molecule has 0 bridgehead atoms. The number of hydrogen-bond donors (Lipinski definition) is 1. The number of nitrogens with two attached hydrogens (primary N) is 1. The minimum atomic E-state index is 0. The largest absolute Gasteiger partial charge is 0.330 e. The monoisotopic (exact) mass is 264 g/mol. The number of unbranched alkanes of at least 4 members (excludes halogenated alkanes) is 2. The van der Waals surface area contributed by atoms with Crippen LogP contribution in [0, 0.1) is 37.3 Å². The van der Waals surface area contributed by atoms with E-state index in [0.717, 1.165) is 6.54 Å². The predicted octanol–water partition coefficient (Wildman–Crippen LogP) is 0.754. The van der Waals surface area contributed by atoms with E-state index >= 15 is 0 Å². The topological polar surface area (TPSA) is 26.0 Å². The van der Waals surface area contributed by atoms with Crippen molar-refractivity contribution in [3.63, 3.8) is 0 Å². The molecular weight excluding hydrogens is 252 g/mol. The maximum absolute atomic E-state index is 5.21. The van der Waals surface area contributed by atoms with Crippen LogP contribution in [-0.2, 0) is 0 Å². The van der Waals surface area contributed by atoms with Crippen LogP contribution in [0.1, 0.15) is 26.2 Å². The fraction of sp³-hybridized carbons (Fsp3) is 1.00. The molecule has 0 unspecified atom stereocenters. The summed E-state index contributed by atoms with van der Waals surface area (Å²) < 4.78 is 0. The summed E-state index contributed by atoms with van der Waals surface area (Å²) in [7, 11) is 0. The van der Waals surface area contributed by atoms with Crippen LogP contribution in [0.5, 0.6) is 0 Å². The van der Waals surface area contributed by atoms with Gasteiger partial charge >= 0.3 is 0 Å². The Morgan fingerprint density at radius 1 is 1.25 bits per heavy atom. The molecule has 0 aliphatic carbocycles. The number of rotatable bonds is 3. The molecule has 0 rings (SSSR count). The Labute approximate surface area is 83.6 Å². The van der Waals surface area contributed by atoms with Gasteiger partial charge < -0.3 is 5.73 Å². The molecule has 0 saturated carbocycles.